The molecule has 436 valence electrons. The smallest absolute Gasteiger partial charge is 0.311 e. The second kappa shape index (κ2) is 20.6. The summed E-state index contributed by atoms with van der Waals surface area (Å²) in [6.07, 6.45) is 1.70. The number of hydrogen-bond donors (Lipinski definition) is 0. The summed E-state index contributed by atoms with van der Waals surface area (Å²) >= 11 is 0. The number of nitrogens with zero attached hydrogens (tertiary/aromatic N) is 5. The van der Waals surface area contributed by atoms with Crippen molar-refractivity contribution in [2.45, 2.75) is 295 Å². The third kappa shape index (κ3) is 12.5. The van der Waals surface area contributed by atoms with Crippen molar-refractivity contribution in [1.82, 2.24) is 24.5 Å². The van der Waals surface area contributed by atoms with Gasteiger partial charge in [0.2, 0.25) is 0 Å². The fourth-order valence-electron chi connectivity index (χ4n) is 15.7. The Labute approximate surface area is 460 Å². The minimum absolute atomic E-state index is 0.303. The maximum Gasteiger partial charge on any atom is 0.311 e. The lowest BCUT2D eigenvalue weighted by Gasteiger charge is -2.54. The summed E-state index contributed by atoms with van der Waals surface area (Å²) in [5, 5.41) is 0. The van der Waals surface area contributed by atoms with Crippen LogP contribution in [0.2, 0.25) is 0 Å². The molecule has 76 heavy (non-hydrogen) atoms. The molecule has 4 unspecified atom stereocenters. The minimum Gasteiger partial charge on any atom is -0.462 e. The normalized spacial score (nSPS) is 33.1. The lowest BCUT2D eigenvalue weighted by Crippen LogP contribution is -2.63. The zero-order valence-corrected chi connectivity index (χ0v) is 52.4. The van der Waals surface area contributed by atoms with E-state index in [-0.39, 0.29) is 50.7 Å². The first-order chi connectivity index (χ1) is 34.2. The highest BCUT2D eigenvalue weighted by molar-refractivity contribution is 5.94. The van der Waals surface area contributed by atoms with E-state index in [2.05, 4.69) is 198 Å². The molecule has 0 spiro atoms. The van der Waals surface area contributed by atoms with Crippen molar-refractivity contribution in [3.63, 3.8) is 0 Å². The maximum absolute atomic E-state index is 16.0. The van der Waals surface area contributed by atoms with Gasteiger partial charge in [0.05, 0.1) is 29.6 Å². The zero-order valence-electron chi connectivity index (χ0n) is 52.4. The third-order valence-electron chi connectivity index (χ3n) is 21.3. The molecule has 5 aliphatic heterocycles. The Morgan fingerprint density at radius 3 is 0.579 bits per heavy atom. The Morgan fingerprint density at radius 2 is 0.408 bits per heavy atom. The fourth-order valence-corrected chi connectivity index (χ4v) is 15.7. The van der Waals surface area contributed by atoms with E-state index in [1.54, 1.807) is 0 Å². The first-order valence-electron chi connectivity index (χ1n) is 28.9. The van der Waals surface area contributed by atoms with E-state index in [0.717, 1.165) is 0 Å². The molecule has 1 saturated carbocycles. The van der Waals surface area contributed by atoms with Gasteiger partial charge in [-0.3, -0.25) is 48.5 Å². The monoisotopic (exact) mass is 1070 g/mol. The zero-order chi connectivity index (χ0) is 57.9. The van der Waals surface area contributed by atoms with Crippen LogP contribution < -0.4 is 0 Å². The van der Waals surface area contributed by atoms with Crippen molar-refractivity contribution in [3.8, 4) is 0 Å². The summed E-state index contributed by atoms with van der Waals surface area (Å²) in [4.78, 5) is 90.5. The number of carbonyl (C=O) groups is 5. The van der Waals surface area contributed by atoms with Gasteiger partial charge in [0.15, 0.2) is 0 Å². The summed E-state index contributed by atoms with van der Waals surface area (Å²) in [7, 11) is 10.4. The molecule has 0 N–H and O–H groups in total. The minimum atomic E-state index is -1.68. The number of rotatable bonds is 10. The summed E-state index contributed by atoms with van der Waals surface area (Å²) in [6, 6.07) is 0. The number of likely N-dealkylation sites (tertiary alicyclic amines) is 5. The van der Waals surface area contributed by atoms with Crippen molar-refractivity contribution < 1.29 is 47.7 Å². The average Bonchev–Trinajstić information content (AvgIpc) is 3.22. The Balaban J connectivity index is 1.54. The highest BCUT2D eigenvalue weighted by Gasteiger charge is 2.63. The van der Waals surface area contributed by atoms with Gasteiger partial charge in [0.1, 0.15) is 30.5 Å². The first-order valence-corrected chi connectivity index (χ1v) is 28.9. The molecule has 6 aliphatic rings. The van der Waals surface area contributed by atoms with Gasteiger partial charge in [-0.1, -0.05) is 0 Å². The van der Waals surface area contributed by atoms with E-state index >= 15 is 24.0 Å². The largest absolute Gasteiger partial charge is 0.462 e. The molecule has 0 radical (unpaired) electrons. The van der Waals surface area contributed by atoms with Crippen LogP contribution in [0.5, 0.6) is 0 Å². The van der Waals surface area contributed by atoms with Gasteiger partial charge in [-0.05, 0) is 180 Å². The van der Waals surface area contributed by atoms with Crippen molar-refractivity contribution in [2.24, 2.45) is 29.6 Å². The molecule has 5 saturated heterocycles. The van der Waals surface area contributed by atoms with Crippen molar-refractivity contribution in [2.75, 3.05) is 35.2 Å². The molecule has 6 rings (SSSR count). The molecule has 4 atom stereocenters. The number of hydrogen-bond acceptors (Lipinski definition) is 15. The number of carbonyl (C=O) groups excluding carboxylic acids is 5. The Morgan fingerprint density at radius 1 is 0.263 bits per heavy atom. The fraction of sp³-hybridized carbons (Fsp3) is 0.918. The lowest BCUT2D eigenvalue weighted by atomic mass is 9.61. The molecule has 0 amide bonds. The van der Waals surface area contributed by atoms with Crippen LogP contribution in [0.15, 0.2) is 0 Å². The maximum atomic E-state index is 16.0. The molecule has 15 heteroatoms. The standard InChI is InChI=1S/C61H107N5O10/c1-52(2)27-37(28-53(3,4)62(52)21)72-47(67)42-26-43(48(68)73-38-29-54(5,6)63(22)55(7,8)30-38)45(50(70)75-40-33-58(13,14)65(24)59(15,16)34-40)46(51(71)76-41-35-60(17,18)66(25)61(19,20)36-41)44(42)49(69)74-39-31-56(9,10)64(23)57(11,12)32-39/h37-46H,26-36H2,1-25H3. The van der Waals surface area contributed by atoms with Gasteiger partial charge < -0.3 is 23.7 Å². The van der Waals surface area contributed by atoms with Gasteiger partial charge in [-0.25, -0.2) is 0 Å². The molecule has 0 aromatic rings. The lowest BCUT2D eigenvalue weighted by molar-refractivity contribution is -0.203. The second-order valence-electron chi connectivity index (χ2n) is 31.3. The molecule has 6 fully saturated rings. The Hall–Kier alpha value is -2.85. The SMILES string of the molecule is CN1C(C)(C)CC(OC(=O)C2CC(C(=O)OC3CC(C)(C)N(C)C(C)(C)C3)C(C(=O)OC3CC(C)(C)N(C)C(C)(C)C3)C(C(=O)OC3CC(C)(C)N(C)C(C)(C)C3)C2C(=O)OC2CC(C)(C)N(C)C(C)(C)C2)CC1(C)C. The quantitative estimate of drug-likeness (QED) is 0.151. The van der Waals surface area contributed by atoms with E-state index in [1.165, 1.54) is 0 Å². The van der Waals surface area contributed by atoms with Gasteiger partial charge >= 0.3 is 29.8 Å². The summed E-state index contributed by atoms with van der Waals surface area (Å²) in [5.41, 5.74) is -3.78. The van der Waals surface area contributed by atoms with Crippen LogP contribution >= 0.6 is 0 Å². The second-order valence-corrected chi connectivity index (χ2v) is 31.3. The molecule has 1 aliphatic carbocycles. The van der Waals surface area contributed by atoms with Crippen LogP contribution in [0.4, 0.5) is 0 Å². The highest BCUT2D eigenvalue weighted by atomic mass is 16.6. The van der Waals surface area contributed by atoms with Gasteiger partial charge in [0, 0.05) is 120 Å². The first kappa shape index (κ1) is 62.3. The van der Waals surface area contributed by atoms with Gasteiger partial charge in [-0.2, -0.15) is 0 Å². The summed E-state index contributed by atoms with van der Waals surface area (Å²) < 4.78 is 33.4. The highest BCUT2D eigenvalue weighted by Crippen LogP contribution is 2.51. The van der Waals surface area contributed by atoms with E-state index in [9.17, 15) is 0 Å². The predicted molar refractivity (Wildman–Crippen MR) is 297 cm³/mol. The number of ether oxygens (including phenoxy) is 5. The molecular formula is C61H107N5O10. The number of piperidine rings is 5. The molecule has 0 aromatic carbocycles. The summed E-state index contributed by atoms with van der Waals surface area (Å²) in [5.74, 6) is -11.4. The summed E-state index contributed by atoms with van der Waals surface area (Å²) in [6.45, 7) is 42.4. The van der Waals surface area contributed by atoms with E-state index < -0.39 is 101 Å². The molecule has 0 aromatic heterocycles. The van der Waals surface area contributed by atoms with E-state index in [4.69, 9.17) is 23.7 Å². The van der Waals surface area contributed by atoms with E-state index in [0.29, 0.717) is 64.2 Å². The van der Waals surface area contributed by atoms with Crippen LogP contribution in [0, 0.1) is 29.6 Å². The predicted octanol–water partition coefficient (Wildman–Crippen LogP) is 9.44. The van der Waals surface area contributed by atoms with Gasteiger partial charge in [-0.15, -0.1) is 0 Å². The van der Waals surface area contributed by atoms with Crippen molar-refractivity contribution in [3.05, 3.63) is 0 Å². The Bertz CT molecular complexity index is 1980. The topological polar surface area (TPSA) is 148 Å². The van der Waals surface area contributed by atoms with Crippen molar-refractivity contribution in [1.29, 1.82) is 0 Å². The molecular weight excluding hydrogens is 963 g/mol. The van der Waals surface area contributed by atoms with Gasteiger partial charge in [0.25, 0.3) is 0 Å². The van der Waals surface area contributed by atoms with Crippen LogP contribution in [-0.2, 0) is 47.7 Å². The molecule has 5 heterocycles. The third-order valence-corrected chi connectivity index (χ3v) is 21.3. The van der Waals surface area contributed by atoms with Crippen LogP contribution in [0.3, 0.4) is 0 Å². The van der Waals surface area contributed by atoms with Crippen LogP contribution in [0.1, 0.15) is 209 Å². The molecule has 15 nitrogen and oxygen atoms in total. The Kier molecular flexibility index (Phi) is 16.9. The van der Waals surface area contributed by atoms with Crippen LogP contribution in [-0.4, -0.2) is 175 Å². The van der Waals surface area contributed by atoms with E-state index in [1.807, 2.05) is 0 Å². The average molecular weight is 1070 g/mol. The van der Waals surface area contributed by atoms with Crippen molar-refractivity contribution >= 4 is 29.8 Å². The number of esters is 5. The molecule has 0 bridgehead atoms. The van der Waals surface area contributed by atoms with Crippen LogP contribution in [0.25, 0.3) is 0 Å².